The molecule has 0 spiro atoms. The third-order valence-electron chi connectivity index (χ3n) is 3.76. The molecule has 0 aliphatic rings. The van der Waals surface area contributed by atoms with E-state index >= 15 is 0 Å². The highest BCUT2D eigenvalue weighted by Crippen LogP contribution is 2.13. The van der Waals surface area contributed by atoms with E-state index in [0.29, 0.717) is 19.1 Å². The topological polar surface area (TPSA) is 75.0 Å². The Balaban J connectivity index is 1.82. The van der Waals surface area contributed by atoms with E-state index in [1.807, 2.05) is 31.2 Å². The standard InChI is InChI=1S/C21H26O6/c1-4-24-17-7-5-16(6-8-17)11-21(23)27-13-18-12-19(22)20(14-26-18)25-10-9-15(2)3/h5-8,12,14-15H,4,9-11,13H2,1-3H3. The normalized spacial score (nSPS) is 10.7. The van der Waals surface area contributed by atoms with Gasteiger partial charge in [-0.3, -0.25) is 9.59 Å². The van der Waals surface area contributed by atoms with Gasteiger partial charge in [-0.15, -0.1) is 0 Å². The van der Waals surface area contributed by atoms with Gasteiger partial charge in [0.25, 0.3) is 0 Å². The largest absolute Gasteiger partial charge is 0.494 e. The van der Waals surface area contributed by atoms with Crippen LogP contribution in [0.1, 0.15) is 38.5 Å². The van der Waals surface area contributed by atoms with Crippen molar-refractivity contribution < 1.29 is 23.4 Å². The van der Waals surface area contributed by atoms with E-state index in [9.17, 15) is 9.59 Å². The number of rotatable bonds is 10. The highest BCUT2D eigenvalue weighted by Gasteiger charge is 2.09. The number of ether oxygens (including phenoxy) is 3. The summed E-state index contributed by atoms with van der Waals surface area (Å²) in [6.45, 7) is 7.02. The molecule has 1 aromatic heterocycles. The van der Waals surface area contributed by atoms with Crippen molar-refractivity contribution in [2.45, 2.75) is 40.2 Å². The second-order valence-electron chi connectivity index (χ2n) is 6.52. The van der Waals surface area contributed by atoms with Crippen LogP contribution in [-0.4, -0.2) is 19.2 Å². The van der Waals surface area contributed by atoms with E-state index in [0.717, 1.165) is 17.7 Å². The van der Waals surface area contributed by atoms with Gasteiger partial charge >= 0.3 is 5.97 Å². The monoisotopic (exact) mass is 374 g/mol. The van der Waals surface area contributed by atoms with Crippen molar-refractivity contribution in [2.75, 3.05) is 13.2 Å². The molecule has 6 nitrogen and oxygen atoms in total. The van der Waals surface area contributed by atoms with E-state index in [1.165, 1.54) is 12.3 Å². The van der Waals surface area contributed by atoms with Crippen LogP contribution in [0.3, 0.4) is 0 Å². The molecule has 27 heavy (non-hydrogen) atoms. The van der Waals surface area contributed by atoms with Crippen molar-refractivity contribution in [1.82, 2.24) is 0 Å². The first-order valence-electron chi connectivity index (χ1n) is 9.09. The summed E-state index contributed by atoms with van der Waals surface area (Å²) in [5.41, 5.74) is 0.529. The molecule has 2 rings (SSSR count). The first-order valence-corrected chi connectivity index (χ1v) is 9.09. The molecular weight excluding hydrogens is 348 g/mol. The van der Waals surface area contributed by atoms with Gasteiger partial charge < -0.3 is 18.6 Å². The van der Waals surface area contributed by atoms with Crippen LogP contribution in [0.4, 0.5) is 0 Å². The summed E-state index contributed by atoms with van der Waals surface area (Å²) in [7, 11) is 0. The Morgan fingerprint density at radius 3 is 2.52 bits per heavy atom. The van der Waals surface area contributed by atoms with Crippen molar-refractivity contribution in [1.29, 1.82) is 0 Å². The molecule has 0 aliphatic carbocycles. The number of carbonyl (C=O) groups is 1. The zero-order valence-corrected chi connectivity index (χ0v) is 16.0. The average molecular weight is 374 g/mol. The Labute approximate surface area is 159 Å². The van der Waals surface area contributed by atoms with Crippen LogP contribution in [0.2, 0.25) is 0 Å². The summed E-state index contributed by atoms with van der Waals surface area (Å²) >= 11 is 0. The van der Waals surface area contributed by atoms with E-state index in [-0.39, 0.29) is 30.0 Å². The molecule has 0 unspecified atom stereocenters. The fourth-order valence-electron chi connectivity index (χ4n) is 2.26. The molecule has 0 atom stereocenters. The summed E-state index contributed by atoms with van der Waals surface area (Å²) < 4.78 is 21.3. The van der Waals surface area contributed by atoms with E-state index < -0.39 is 5.97 Å². The third-order valence-corrected chi connectivity index (χ3v) is 3.76. The minimum atomic E-state index is -0.404. The van der Waals surface area contributed by atoms with E-state index in [1.54, 1.807) is 0 Å². The van der Waals surface area contributed by atoms with Crippen LogP contribution >= 0.6 is 0 Å². The summed E-state index contributed by atoms with van der Waals surface area (Å²) in [6, 6.07) is 8.53. The molecule has 0 N–H and O–H groups in total. The first kappa shape index (κ1) is 20.6. The Hall–Kier alpha value is -2.76. The molecule has 0 bridgehead atoms. The maximum Gasteiger partial charge on any atom is 0.310 e. The lowest BCUT2D eigenvalue weighted by Gasteiger charge is -2.08. The van der Waals surface area contributed by atoms with E-state index in [4.69, 9.17) is 18.6 Å². The number of esters is 1. The van der Waals surface area contributed by atoms with Crippen LogP contribution < -0.4 is 14.9 Å². The fraction of sp³-hybridized carbons (Fsp3) is 0.429. The second-order valence-corrected chi connectivity index (χ2v) is 6.52. The zero-order chi connectivity index (χ0) is 19.6. The minimum absolute atomic E-state index is 0.0998. The van der Waals surface area contributed by atoms with Gasteiger partial charge in [-0.1, -0.05) is 26.0 Å². The number of benzene rings is 1. The van der Waals surface area contributed by atoms with Gasteiger partial charge in [-0.2, -0.15) is 0 Å². The van der Waals surface area contributed by atoms with Crippen molar-refractivity contribution >= 4 is 5.97 Å². The highest BCUT2D eigenvalue weighted by molar-refractivity contribution is 5.72. The smallest absolute Gasteiger partial charge is 0.310 e. The Bertz CT molecular complexity index is 776. The van der Waals surface area contributed by atoms with Gasteiger partial charge in [0.15, 0.2) is 0 Å². The molecule has 146 valence electrons. The predicted octanol–water partition coefficient (Wildman–Crippen LogP) is 3.75. The van der Waals surface area contributed by atoms with Gasteiger partial charge in [0.2, 0.25) is 11.2 Å². The maximum absolute atomic E-state index is 12.0. The van der Waals surface area contributed by atoms with Crippen LogP contribution in [0.25, 0.3) is 0 Å². The van der Waals surface area contributed by atoms with Crippen molar-refractivity contribution in [2.24, 2.45) is 5.92 Å². The minimum Gasteiger partial charge on any atom is -0.494 e. The summed E-state index contributed by atoms with van der Waals surface area (Å²) in [6.07, 6.45) is 2.25. The molecule has 0 saturated heterocycles. The summed E-state index contributed by atoms with van der Waals surface area (Å²) in [5, 5.41) is 0. The lowest BCUT2D eigenvalue weighted by atomic mass is 10.1. The Morgan fingerprint density at radius 2 is 1.89 bits per heavy atom. The zero-order valence-electron chi connectivity index (χ0n) is 16.0. The van der Waals surface area contributed by atoms with Crippen LogP contribution in [0.15, 0.2) is 45.8 Å². The molecule has 0 saturated carbocycles. The van der Waals surface area contributed by atoms with Crippen LogP contribution in [0, 0.1) is 5.92 Å². The summed E-state index contributed by atoms with van der Waals surface area (Å²) in [5.74, 6) is 1.29. The third kappa shape index (κ3) is 7.17. The fourth-order valence-corrected chi connectivity index (χ4v) is 2.26. The molecule has 1 aromatic carbocycles. The number of carbonyl (C=O) groups excluding carboxylic acids is 1. The maximum atomic E-state index is 12.0. The second kappa shape index (κ2) is 10.4. The van der Waals surface area contributed by atoms with Gasteiger partial charge in [0.1, 0.15) is 24.4 Å². The SMILES string of the molecule is CCOc1ccc(CC(=O)OCc2cc(=O)c(OCCC(C)C)co2)cc1. The van der Waals surface area contributed by atoms with Crippen LogP contribution in [-0.2, 0) is 22.6 Å². The predicted molar refractivity (Wildman–Crippen MR) is 101 cm³/mol. The molecule has 6 heteroatoms. The van der Waals surface area contributed by atoms with Gasteiger partial charge in [0.05, 0.1) is 19.6 Å². The lowest BCUT2D eigenvalue weighted by molar-refractivity contribution is -0.144. The molecule has 2 aromatic rings. The van der Waals surface area contributed by atoms with Crippen molar-refractivity contribution in [3.8, 4) is 11.5 Å². The Kier molecular flexibility index (Phi) is 7.92. The summed E-state index contributed by atoms with van der Waals surface area (Å²) in [4.78, 5) is 24.0. The Morgan fingerprint density at radius 1 is 1.15 bits per heavy atom. The van der Waals surface area contributed by atoms with Crippen molar-refractivity contribution in [3.05, 3.63) is 58.1 Å². The number of hydrogen-bond donors (Lipinski definition) is 0. The highest BCUT2D eigenvalue weighted by atomic mass is 16.5. The average Bonchev–Trinajstić information content (AvgIpc) is 2.63. The van der Waals surface area contributed by atoms with E-state index in [2.05, 4.69) is 13.8 Å². The van der Waals surface area contributed by atoms with Gasteiger partial charge in [-0.05, 0) is 37.0 Å². The molecule has 1 heterocycles. The van der Waals surface area contributed by atoms with Gasteiger partial charge in [-0.25, -0.2) is 0 Å². The lowest BCUT2D eigenvalue weighted by Crippen LogP contribution is -2.12. The van der Waals surface area contributed by atoms with Crippen molar-refractivity contribution in [3.63, 3.8) is 0 Å². The molecular formula is C21H26O6. The molecule has 0 aliphatic heterocycles. The quantitative estimate of drug-likeness (QED) is 0.590. The first-order chi connectivity index (χ1) is 13.0. The molecule has 0 fully saturated rings. The molecule has 0 amide bonds. The van der Waals surface area contributed by atoms with Crippen LogP contribution in [0.5, 0.6) is 11.5 Å². The molecule has 0 radical (unpaired) electrons. The van der Waals surface area contributed by atoms with Gasteiger partial charge in [0, 0.05) is 6.07 Å². The number of hydrogen-bond acceptors (Lipinski definition) is 6.